The molecule has 0 spiro atoms. The van der Waals surface area contributed by atoms with Crippen LogP contribution in [0.25, 0.3) is 6.08 Å². The molecule has 0 aliphatic heterocycles. The van der Waals surface area contributed by atoms with Crippen LogP contribution < -0.4 is 4.74 Å². The number of hydrogen-bond donors (Lipinski definition) is 1. The molecule has 0 saturated carbocycles. The van der Waals surface area contributed by atoms with Crippen LogP contribution in [0.15, 0.2) is 72.9 Å². The van der Waals surface area contributed by atoms with E-state index in [9.17, 15) is 9.59 Å². The predicted octanol–water partition coefficient (Wildman–Crippen LogP) is 5.02. The van der Waals surface area contributed by atoms with Crippen molar-refractivity contribution < 1.29 is 19.4 Å². The van der Waals surface area contributed by atoms with E-state index in [0.29, 0.717) is 29.5 Å². The highest BCUT2D eigenvalue weighted by Crippen LogP contribution is 2.18. The SMILES string of the molecule is CC(C)c1ccc(C(=O)c2cccn2CC=Cc2cccc(OCC(=O)O)c2)cc1. The molecule has 3 aromatic rings. The van der Waals surface area contributed by atoms with Crippen LogP contribution >= 0.6 is 0 Å². The third-order valence-electron chi connectivity index (χ3n) is 4.73. The molecule has 0 saturated heterocycles. The van der Waals surface area contributed by atoms with Gasteiger partial charge in [0.05, 0.1) is 5.69 Å². The number of rotatable bonds is 9. The van der Waals surface area contributed by atoms with Crippen molar-refractivity contribution in [3.8, 4) is 5.75 Å². The monoisotopic (exact) mass is 403 g/mol. The lowest BCUT2D eigenvalue weighted by atomic mass is 10.00. The molecule has 0 fully saturated rings. The number of ether oxygens (including phenoxy) is 1. The van der Waals surface area contributed by atoms with Crippen LogP contribution in [0.4, 0.5) is 0 Å². The van der Waals surface area contributed by atoms with Gasteiger partial charge in [-0.1, -0.05) is 62.4 Å². The number of hydrogen-bond acceptors (Lipinski definition) is 3. The van der Waals surface area contributed by atoms with Gasteiger partial charge in [0.2, 0.25) is 5.78 Å². The van der Waals surface area contributed by atoms with Crippen LogP contribution in [0.3, 0.4) is 0 Å². The predicted molar refractivity (Wildman–Crippen MR) is 117 cm³/mol. The van der Waals surface area contributed by atoms with E-state index in [1.165, 1.54) is 5.56 Å². The summed E-state index contributed by atoms with van der Waals surface area (Å²) < 4.78 is 7.10. The fourth-order valence-corrected chi connectivity index (χ4v) is 3.10. The van der Waals surface area contributed by atoms with E-state index in [0.717, 1.165) is 5.56 Å². The molecule has 5 nitrogen and oxygen atoms in total. The van der Waals surface area contributed by atoms with Gasteiger partial charge in [0.15, 0.2) is 6.61 Å². The molecular weight excluding hydrogens is 378 g/mol. The summed E-state index contributed by atoms with van der Waals surface area (Å²) in [6, 6.07) is 18.7. The normalized spacial score (nSPS) is 11.2. The van der Waals surface area contributed by atoms with Gasteiger partial charge in [-0.2, -0.15) is 0 Å². The summed E-state index contributed by atoms with van der Waals surface area (Å²) in [5.41, 5.74) is 3.41. The van der Waals surface area contributed by atoms with E-state index in [-0.39, 0.29) is 12.4 Å². The molecule has 0 aliphatic rings. The first-order valence-corrected chi connectivity index (χ1v) is 9.85. The molecule has 30 heavy (non-hydrogen) atoms. The van der Waals surface area contributed by atoms with Gasteiger partial charge < -0.3 is 14.4 Å². The number of benzene rings is 2. The Balaban J connectivity index is 1.68. The number of carbonyl (C=O) groups is 2. The lowest BCUT2D eigenvalue weighted by molar-refractivity contribution is -0.139. The third kappa shape index (κ3) is 5.47. The standard InChI is InChI=1S/C25H25NO4/c1-18(2)20-10-12-21(13-11-20)25(29)23-9-5-15-26(23)14-4-7-19-6-3-8-22(16-19)30-17-24(27)28/h3-13,15-16,18H,14,17H2,1-2H3,(H,27,28). The van der Waals surface area contributed by atoms with Crippen LogP contribution in [0, 0.1) is 0 Å². The second-order valence-electron chi connectivity index (χ2n) is 7.31. The van der Waals surface area contributed by atoms with Gasteiger partial charge >= 0.3 is 5.97 Å². The smallest absolute Gasteiger partial charge is 0.341 e. The van der Waals surface area contributed by atoms with Crippen molar-refractivity contribution >= 4 is 17.8 Å². The number of carboxylic acids is 1. The number of allylic oxidation sites excluding steroid dienone is 1. The highest BCUT2D eigenvalue weighted by Gasteiger charge is 2.13. The van der Waals surface area contributed by atoms with Gasteiger partial charge in [0.1, 0.15) is 5.75 Å². The fourth-order valence-electron chi connectivity index (χ4n) is 3.10. The highest BCUT2D eigenvalue weighted by molar-refractivity contribution is 6.08. The molecule has 1 heterocycles. The van der Waals surface area contributed by atoms with Crippen LogP contribution in [0.5, 0.6) is 5.75 Å². The Morgan fingerprint density at radius 1 is 1.07 bits per heavy atom. The summed E-state index contributed by atoms with van der Waals surface area (Å²) in [4.78, 5) is 23.5. The summed E-state index contributed by atoms with van der Waals surface area (Å²) in [5.74, 6) is -0.0928. The van der Waals surface area contributed by atoms with Crippen molar-refractivity contribution in [2.24, 2.45) is 0 Å². The van der Waals surface area contributed by atoms with Crippen molar-refractivity contribution in [3.63, 3.8) is 0 Å². The Hall–Kier alpha value is -3.60. The van der Waals surface area contributed by atoms with Crippen molar-refractivity contribution in [1.29, 1.82) is 0 Å². The van der Waals surface area contributed by atoms with Crippen LogP contribution in [0.1, 0.15) is 46.9 Å². The van der Waals surface area contributed by atoms with E-state index in [4.69, 9.17) is 9.84 Å². The van der Waals surface area contributed by atoms with Crippen molar-refractivity contribution in [2.75, 3.05) is 6.61 Å². The number of aromatic nitrogens is 1. The molecule has 2 aromatic carbocycles. The maximum absolute atomic E-state index is 12.9. The summed E-state index contributed by atoms with van der Waals surface area (Å²) in [6.45, 7) is 4.42. The second kappa shape index (κ2) is 9.74. The Labute approximate surface area is 176 Å². The van der Waals surface area contributed by atoms with Crippen molar-refractivity contribution in [1.82, 2.24) is 4.57 Å². The quantitative estimate of drug-likeness (QED) is 0.510. The van der Waals surface area contributed by atoms with Crippen molar-refractivity contribution in [2.45, 2.75) is 26.3 Å². The van der Waals surface area contributed by atoms with Gasteiger partial charge in [0, 0.05) is 18.3 Å². The first kappa shape index (κ1) is 21.1. The molecule has 5 heteroatoms. The van der Waals surface area contributed by atoms with Crippen LogP contribution in [-0.2, 0) is 11.3 Å². The maximum Gasteiger partial charge on any atom is 0.341 e. The molecule has 0 amide bonds. The minimum atomic E-state index is -1.01. The zero-order chi connectivity index (χ0) is 21.5. The number of aliphatic carboxylic acids is 1. The molecule has 0 radical (unpaired) electrons. The Bertz CT molecular complexity index is 1050. The topological polar surface area (TPSA) is 68.5 Å². The second-order valence-corrected chi connectivity index (χ2v) is 7.31. The Kier molecular flexibility index (Phi) is 6.86. The summed E-state index contributed by atoms with van der Waals surface area (Å²) >= 11 is 0. The third-order valence-corrected chi connectivity index (χ3v) is 4.73. The van der Waals surface area contributed by atoms with E-state index < -0.39 is 5.97 Å². The maximum atomic E-state index is 12.9. The molecule has 0 unspecified atom stereocenters. The average molecular weight is 403 g/mol. The molecular formula is C25H25NO4. The van der Waals surface area contributed by atoms with Crippen LogP contribution in [-0.4, -0.2) is 28.0 Å². The molecule has 1 N–H and O–H groups in total. The summed E-state index contributed by atoms with van der Waals surface area (Å²) in [6.07, 6.45) is 5.75. The van der Waals surface area contributed by atoms with Gasteiger partial charge in [-0.05, 0) is 41.3 Å². The average Bonchev–Trinajstić information content (AvgIpc) is 3.20. The summed E-state index contributed by atoms with van der Waals surface area (Å²) in [5, 5.41) is 8.71. The van der Waals surface area contributed by atoms with Crippen LogP contribution in [0.2, 0.25) is 0 Å². The lowest BCUT2D eigenvalue weighted by Gasteiger charge is -2.08. The largest absolute Gasteiger partial charge is 0.482 e. The number of carboxylic acid groups (broad SMARTS) is 1. The van der Waals surface area contributed by atoms with Gasteiger partial charge in [0.25, 0.3) is 0 Å². The number of ketones is 1. The zero-order valence-electron chi connectivity index (χ0n) is 17.1. The van der Waals surface area contributed by atoms with E-state index in [2.05, 4.69) is 13.8 Å². The highest BCUT2D eigenvalue weighted by atomic mass is 16.5. The van der Waals surface area contributed by atoms with E-state index in [1.807, 2.05) is 71.4 Å². The van der Waals surface area contributed by atoms with Crippen molar-refractivity contribution in [3.05, 3.63) is 95.3 Å². The number of nitrogens with zero attached hydrogens (tertiary/aromatic N) is 1. The first-order chi connectivity index (χ1) is 14.4. The molecule has 0 aliphatic carbocycles. The van der Waals surface area contributed by atoms with Gasteiger partial charge in [-0.3, -0.25) is 4.79 Å². The molecule has 1 aromatic heterocycles. The van der Waals surface area contributed by atoms with E-state index >= 15 is 0 Å². The van der Waals surface area contributed by atoms with Gasteiger partial charge in [-0.15, -0.1) is 0 Å². The number of carbonyl (C=O) groups excluding carboxylic acids is 1. The zero-order valence-corrected chi connectivity index (χ0v) is 17.1. The fraction of sp³-hybridized carbons (Fsp3) is 0.200. The molecule has 0 atom stereocenters. The minimum absolute atomic E-state index is 0.00669. The molecule has 0 bridgehead atoms. The van der Waals surface area contributed by atoms with Gasteiger partial charge in [-0.25, -0.2) is 4.79 Å². The minimum Gasteiger partial charge on any atom is -0.482 e. The Morgan fingerprint density at radius 3 is 2.53 bits per heavy atom. The molecule has 3 rings (SSSR count). The van der Waals surface area contributed by atoms with E-state index in [1.54, 1.807) is 12.1 Å². The molecule has 154 valence electrons. The Morgan fingerprint density at radius 2 is 1.83 bits per heavy atom. The first-order valence-electron chi connectivity index (χ1n) is 9.85. The summed E-state index contributed by atoms with van der Waals surface area (Å²) in [7, 11) is 0. The lowest BCUT2D eigenvalue weighted by Crippen LogP contribution is -2.09.